The Bertz CT molecular complexity index is 292. The van der Waals surface area contributed by atoms with Gasteiger partial charge in [-0.3, -0.25) is 0 Å². The van der Waals surface area contributed by atoms with Crippen molar-refractivity contribution in [3.8, 4) is 12.3 Å². The Kier molecular flexibility index (Phi) is 3.34. The second-order valence-corrected chi connectivity index (χ2v) is 3.64. The van der Waals surface area contributed by atoms with Crippen molar-refractivity contribution in [3.05, 3.63) is 10.6 Å². The molecule has 0 bridgehead atoms. The van der Waals surface area contributed by atoms with E-state index in [1.54, 1.807) is 0 Å². The van der Waals surface area contributed by atoms with Crippen molar-refractivity contribution in [1.29, 1.82) is 0 Å². The van der Waals surface area contributed by atoms with Gasteiger partial charge >= 0.3 is 6.18 Å². The molecular weight excluding hydrogens is 215 g/mol. The summed E-state index contributed by atoms with van der Waals surface area (Å²) in [6, 6.07) is 0. The SMILES string of the molecule is C#CCN1CSC(CO)=C1C(F)(F)F. The van der Waals surface area contributed by atoms with Gasteiger partial charge in [-0.05, 0) is 0 Å². The molecule has 1 N–H and O–H groups in total. The van der Waals surface area contributed by atoms with Crippen molar-refractivity contribution in [2.24, 2.45) is 0 Å². The molecule has 78 valence electrons. The molecule has 2 nitrogen and oxygen atoms in total. The lowest BCUT2D eigenvalue weighted by atomic mass is 10.3. The van der Waals surface area contributed by atoms with E-state index in [1.807, 2.05) is 0 Å². The summed E-state index contributed by atoms with van der Waals surface area (Å²) >= 11 is 0.965. The Hall–Kier alpha value is -0.800. The van der Waals surface area contributed by atoms with Crippen LogP contribution in [0, 0.1) is 12.3 Å². The van der Waals surface area contributed by atoms with Gasteiger partial charge in [0.25, 0.3) is 0 Å². The molecule has 6 heteroatoms. The summed E-state index contributed by atoms with van der Waals surface area (Å²) in [7, 11) is 0. The van der Waals surface area contributed by atoms with Crippen LogP contribution < -0.4 is 0 Å². The van der Waals surface area contributed by atoms with Gasteiger partial charge in [-0.2, -0.15) is 13.2 Å². The number of allylic oxidation sites excluding steroid dienone is 1. The van der Waals surface area contributed by atoms with Crippen LogP contribution in [0.15, 0.2) is 10.6 Å². The third-order valence-electron chi connectivity index (χ3n) is 1.67. The Labute approximate surface area is 83.8 Å². The van der Waals surface area contributed by atoms with E-state index in [4.69, 9.17) is 11.5 Å². The molecular formula is C8H8F3NOS. The van der Waals surface area contributed by atoms with E-state index in [0.717, 1.165) is 16.7 Å². The fourth-order valence-electron chi connectivity index (χ4n) is 1.16. The fraction of sp³-hybridized carbons (Fsp3) is 0.500. The minimum Gasteiger partial charge on any atom is -0.391 e. The van der Waals surface area contributed by atoms with E-state index in [-0.39, 0.29) is 17.3 Å². The number of hydrogen-bond acceptors (Lipinski definition) is 3. The van der Waals surface area contributed by atoms with Crippen LogP contribution >= 0.6 is 11.8 Å². The molecule has 0 aromatic carbocycles. The van der Waals surface area contributed by atoms with Crippen molar-refractivity contribution in [1.82, 2.24) is 4.90 Å². The number of aliphatic hydroxyl groups is 1. The number of halogens is 3. The molecule has 1 heterocycles. The van der Waals surface area contributed by atoms with Gasteiger partial charge < -0.3 is 10.0 Å². The summed E-state index contributed by atoms with van der Waals surface area (Å²) in [4.78, 5) is 0.976. The third-order valence-corrected chi connectivity index (χ3v) is 2.78. The van der Waals surface area contributed by atoms with Crippen LogP contribution in [-0.4, -0.2) is 35.2 Å². The van der Waals surface area contributed by atoms with Gasteiger partial charge in [-0.25, -0.2) is 0 Å². The van der Waals surface area contributed by atoms with Crippen LogP contribution in [0.2, 0.25) is 0 Å². The third kappa shape index (κ3) is 2.16. The molecule has 1 aliphatic heterocycles. The molecule has 0 aliphatic carbocycles. The zero-order valence-corrected chi connectivity index (χ0v) is 7.95. The lowest BCUT2D eigenvalue weighted by Crippen LogP contribution is -2.29. The minimum absolute atomic E-state index is 0.0623. The molecule has 0 saturated carbocycles. The topological polar surface area (TPSA) is 23.5 Å². The van der Waals surface area contributed by atoms with Crippen molar-refractivity contribution in [2.75, 3.05) is 19.0 Å². The summed E-state index contributed by atoms with van der Waals surface area (Å²) in [6.45, 7) is -0.689. The number of alkyl halides is 3. The minimum atomic E-state index is -4.45. The van der Waals surface area contributed by atoms with E-state index in [2.05, 4.69) is 5.92 Å². The monoisotopic (exact) mass is 223 g/mol. The number of hydrogen-bond donors (Lipinski definition) is 1. The van der Waals surface area contributed by atoms with Gasteiger partial charge in [0, 0.05) is 4.91 Å². The van der Waals surface area contributed by atoms with E-state index in [9.17, 15) is 13.2 Å². The molecule has 0 spiro atoms. The number of rotatable bonds is 2. The smallest absolute Gasteiger partial charge is 0.391 e. The molecule has 1 rings (SSSR count). The predicted molar refractivity (Wildman–Crippen MR) is 48.2 cm³/mol. The largest absolute Gasteiger partial charge is 0.432 e. The van der Waals surface area contributed by atoms with Gasteiger partial charge in [-0.15, -0.1) is 18.2 Å². The van der Waals surface area contributed by atoms with E-state index < -0.39 is 18.5 Å². The van der Waals surface area contributed by atoms with Crippen LogP contribution in [0.1, 0.15) is 0 Å². The maximum Gasteiger partial charge on any atom is 0.432 e. The molecule has 0 fully saturated rings. The average molecular weight is 223 g/mol. The Morgan fingerprint density at radius 2 is 2.21 bits per heavy atom. The highest BCUT2D eigenvalue weighted by atomic mass is 32.2. The molecule has 1 aliphatic rings. The van der Waals surface area contributed by atoms with Crippen molar-refractivity contribution >= 4 is 11.8 Å². The summed E-state index contributed by atoms with van der Waals surface area (Å²) in [5.41, 5.74) is -0.803. The van der Waals surface area contributed by atoms with Crippen molar-refractivity contribution in [2.45, 2.75) is 6.18 Å². The first-order valence-electron chi connectivity index (χ1n) is 3.73. The number of terminal acetylenes is 1. The summed E-state index contributed by atoms with van der Waals surface area (Å²) in [5.74, 6) is 2.30. The first kappa shape index (κ1) is 11.3. The molecule has 0 atom stereocenters. The fourth-order valence-corrected chi connectivity index (χ4v) is 2.16. The van der Waals surface area contributed by atoms with Crippen LogP contribution in [0.25, 0.3) is 0 Å². The molecule has 0 aromatic rings. The molecule has 0 aromatic heterocycles. The summed E-state index contributed by atoms with van der Waals surface area (Å²) < 4.78 is 37.4. The zero-order chi connectivity index (χ0) is 10.8. The van der Waals surface area contributed by atoms with E-state index in [1.165, 1.54) is 0 Å². The van der Waals surface area contributed by atoms with Gasteiger partial charge in [0.05, 0.1) is 19.0 Å². The standard InChI is InChI=1S/C8H8F3NOS/c1-2-3-12-5-14-6(4-13)7(12)8(9,10)11/h1,13H,3-5H2. The summed E-state index contributed by atoms with van der Waals surface area (Å²) in [5, 5.41) is 8.73. The van der Waals surface area contributed by atoms with Crippen molar-refractivity contribution < 1.29 is 18.3 Å². The first-order chi connectivity index (χ1) is 6.50. The average Bonchev–Trinajstić information content (AvgIpc) is 2.47. The van der Waals surface area contributed by atoms with Crippen LogP contribution in [0.3, 0.4) is 0 Å². The highest BCUT2D eigenvalue weighted by Crippen LogP contribution is 2.40. The maximum atomic E-state index is 12.5. The molecule has 0 radical (unpaired) electrons. The second kappa shape index (κ2) is 4.15. The number of thioether (sulfide) groups is 1. The number of nitrogens with zero attached hydrogens (tertiary/aromatic N) is 1. The van der Waals surface area contributed by atoms with Gasteiger partial charge in [0.15, 0.2) is 0 Å². The van der Waals surface area contributed by atoms with Crippen LogP contribution in [-0.2, 0) is 0 Å². The highest BCUT2D eigenvalue weighted by molar-refractivity contribution is 8.03. The Morgan fingerprint density at radius 3 is 2.64 bits per heavy atom. The molecule has 0 saturated heterocycles. The normalized spacial score (nSPS) is 17.5. The van der Waals surface area contributed by atoms with Gasteiger partial charge in [0.2, 0.25) is 0 Å². The first-order valence-corrected chi connectivity index (χ1v) is 4.71. The Morgan fingerprint density at radius 1 is 1.57 bits per heavy atom. The lowest BCUT2D eigenvalue weighted by molar-refractivity contribution is -0.109. The van der Waals surface area contributed by atoms with Gasteiger partial charge in [0.1, 0.15) is 5.70 Å². The maximum absolute atomic E-state index is 12.5. The molecule has 0 unspecified atom stereocenters. The quantitative estimate of drug-likeness (QED) is 0.716. The van der Waals surface area contributed by atoms with Crippen molar-refractivity contribution in [3.63, 3.8) is 0 Å². The highest BCUT2D eigenvalue weighted by Gasteiger charge is 2.42. The Balaban J connectivity index is 2.96. The molecule has 0 amide bonds. The number of aliphatic hydroxyl groups excluding tert-OH is 1. The lowest BCUT2D eigenvalue weighted by Gasteiger charge is -2.20. The van der Waals surface area contributed by atoms with Crippen LogP contribution in [0.4, 0.5) is 13.2 Å². The van der Waals surface area contributed by atoms with Gasteiger partial charge in [-0.1, -0.05) is 5.92 Å². The second-order valence-electron chi connectivity index (χ2n) is 2.60. The zero-order valence-electron chi connectivity index (χ0n) is 7.14. The van der Waals surface area contributed by atoms with Crippen LogP contribution in [0.5, 0.6) is 0 Å². The summed E-state index contributed by atoms with van der Waals surface area (Å²) in [6.07, 6.45) is 0.501. The van der Waals surface area contributed by atoms with E-state index >= 15 is 0 Å². The predicted octanol–water partition coefficient (Wildman–Crippen LogP) is 1.39. The van der Waals surface area contributed by atoms with E-state index in [0.29, 0.717) is 0 Å². The molecule has 14 heavy (non-hydrogen) atoms.